The fourth-order valence-electron chi connectivity index (χ4n) is 10.6. The second-order valence-corrected chi connectivity index (χ2v) is 18.3. The molecule has 0 amide bonds. The van der Waals surface area contributed by atoms with Crippen LogP contribution in [0.25, 0.3) is 127 Å². The number of para-hydroxylation sites is 3. The van der Waals surface area contributed by atoms with Gasteiger partial charge in [0.15, 0.2) is 11.6 Å². The highest BCUT2D eigenvalue weighted by Crippen LogP contribution is 2.50. The lowest BCUT2D eigenvalue weighted by atomic mass is 9.81. The van der Waals surface area contributed by atoms with Crippen molar-refractivity contribution in [3.05, 3.63) is 193 Å². The van der Waals surface area contributed by atoms with E-state index < -0.39 is 0 Å². The SMILES string of the molecule is CC1(C)c2ccccc2-c2ccc(-c3cccc4c5ccc6ccccc6c5n(-c5nc(-c6ccc7c(c6)oc6ccccc67)nc(-c6ccc7c(c6)oc6ccccc67)n5)c34)cc21.CCC. The summed E-state index contributed by atoms with van der Waals surface area (Å²) < 4.78 is 15.1. The second kappa shape index (κ2) is 14.8. The predicted molar refractivity (Wildman–Crippen MR) is 276 cm³/mol. The monoisotopic (exact) mass is 864 g/mol. The number of fused-ring (bicyclic) bond motifs is 14. The third-order valence-corrected chi connectivity index (χ3v) is 13.7. The fraction of sp³-hybridized carbons (Fsp3) is 0.0984. The van der Waals surface area contributed by atoms with E-state index in [1.807, 2.05) is 36.4 Å². The largest absolute Gasteiger partial charge is 0.456 e. The Morgan fingerprint density at radius 2 is 0.910 bits per heavy atom. The lowest BCUT2D eigenvalue weighted by molar-refractivity contribution is 0.660. The Morgan fingerprint density at radius 3 is 1.60 bits per heavy atom. The summed E-state index contributed by atoms with van der Waals surface area (Å²) >= 11 is 0. The zero-order valence-electron chi connectivity index (χ0n) is 37.6. The summed E-state index contributed by atoms with van der Waals surface area (Å²) in [4.78, 5) is 16.2. The Kier molecular flexibility index (Phi) is 8.65. The predicted octanol–water partition coefficient (Wildman–Crippen LogP) is 16.6. The van der Waals surface area contributed by atoms with Crippen molar-refractivity contribution in [1.82, 2.24) is 19.5 Å². The van der Waals surface area contributed by atoms with E-state index >= 15 is 0 Å². The van der Waals surface area contributed by atoms with Gasteiger partial charge in [0.05, 0.1) is 11.0 Å². The van der Waals surface area contributed by atoms with E-state index in [0.29, 0.717) is 17.6 Å². The molecular weight excluding hydrogens is 821 g/mol. The molecule has 67 heavy (non-hydrogen) atoms. The lowest BCUT2D eigenvalue weighted by Crippen LogP contribution is -2.14. The lowest BCUT2D eigenvalue weighted by Gasteiger charge is -2.22. The van der Waals surface area contributed by atoms with Crippen LogP contribution >= 0.6 is 0 Å². The second-order valence-electron chi connectivity index (χ2n) is 18.3. The molecule has 0 saturated carbocycles. The molecule has 6 nitrogen and oxygen atoms in total. The summed E-state index contributed by atoms with van der Waals surface area (Å²) in [6.45, 7) is 8.93. The summed E-state index contributed by atoms with van der Waals surface area (Å²) in [5, 5.41) is 8.73. The maximum absolute atomic E-state index is 6.42. The van der Waals surface area contributed by atoms with Crippen LogP contribution in [0.1, 0.15) is 45.2 Å². The number of hydrogen-bond acceptors (Lipinski definition) is 5. The summed E-state index contributed by atoms with van der Waals surface area (Å²) in [5.74, 6) is 1.60. The van der Waals surface area contributed by atoms with Gasteiger partial charge in [0, 0.05) is 59.8 Å². The Bertz CT molecular complexity index is 4020. The van der Waals surface area contributed by atoms with Crippen LogP contribution in [0.5, 0.6) is 0 Å². The zero-order chi connectivity index (χ0) is 45.0. The van der Waals surface area contributed by atoms with Crippen LogP contribution in [-0.4, -0.2) is 19.5 Å². The van der Waals surface area contributed by atoms with E-state index in [-0.39, 0.29) is 5.41 Å². The minimum Gasteiger partial charge on any atom is -0.456 e. The maximum Gasteiger partial charge on any atom is 0.238 e. The normalized spacial score (nSPS) is 13.0. The average molecular weight is 865 g/mol. The standard InChI is InChI=1S/C58H36N4O2.C3H8/c1-58(2)47-19-8-5-14-39(47)40-26-23-34(30-48(40)58)38-17-11-18-45-46-29-22-33-12-3-4-13-37(33)53(46)62(54(38)45)57-60-55(35-24-27-43-41-15-6-9-20-49(41)63-51(43)31-35)59-56(61-57)36-25-28-44-42-16-7-10-21-50(42)64-52(44)32-36;1-3-2/h3-32H,1-2H3;3H2,1-2H3. The van der Waals surface area contributed by atoms with Crippen molar-refractivity contribution in [2.75, 3.05) is 0 Å². The van der Waals surface area contributed by atoms with Gasteiger partial charge >= 0.3 is 0 Å². The maximum atomic E-state index is 6.42. The zero-order valence-corrected chi connectivity index (χ0v) is 37.6. The van der Waals surface area contributed by atoms with Gasteiger partial charge in [0.25, 0.3) is 0 Å². The molecule has 0 aliphatic heterocycles. The minimum atomic E-state index is -0.154. The first-order valence-corrected chi connectivity index (χ1v) is 23.2. The highest BCUT2D eigenvalue weighted by Gasteiger charge is 2.35. The molecule has 13 aromatic rings. The Labute approximate surface area is 386 Å². The quantitative estimate of drug-likeness (QED) is 0.176. The molecule has 1 aliphatic carbocycles. The molecule has 0 N–H and O–H groups in total. The van der Waals surface area contributed by atoms with E-state index in [4.69, 9.17) is 23.8 Å². The molecule has 0 atom stereocenters. The smallest absolute Gasteiger partial charge is 0.238 e. The number of furan rings is 2. The van der Waals surface area contributed by atoms with Crippen LogP contribution in [0.4, 0.5) is 0 Å². The van der Waals surface area contributed by atoms with Crippen LogP contribution < -0.4 is 0 Å². The van der Waals surface area contributed by atoms with Gasteiger partial charge < -0.3 is 8.83 Å². The van der Waals surface area contributed by atoms with E-state index in [1.54, 1.807) is 0 Å². The molecular formula is C61H44N4O2. The van der Waals surface area contributed by atoms with Gasteiger partial charge in [-0.3, -0.25) is 4.57 Å². The molecule has 9 aromatic carbocycles. The summed E-state index contributed by atoms with van der Waals surface area (Å²) in [6, 6.07) is 64.3. The van der Waals surface area contributed by atoms with Gasteiger partial charge in [-0.05, 0) is 75.7 Å². The molecule has 6 heteroatoms. The van der Waals surface area contributed by atoms with Gasteiger partial charge in [0.1, 0.15) is 22.3 Å². The van der Waals surface area contributed by atoms with Crippen molar-refractivity contribution >= 4 is 76.5 Å². The topological polar surface area (TPSA) is 69.9 Å². The highest BCUT2D eigenvalue weighted by atomic mass is 16.3. The van der Waals surface area contributed by atoms with Gasteiger partial charge in [-0.15, -0.1) is 0 Å². The number of hydrogen-bond donors (Lipinski definition) is 0. The number of nitrogens with zero attached hydrogens (tertiary/aromatic N) is 4. The molecule has 0 radical (unpaired) electrons. The molecule has 0 fully saturated rings. The molecule has 0 spiro atoms. The summed E-state index contributed by atoms with van der Waals surface area (Å²) in [6.07, 6.45) is 1.25. The van der Waals surface area contributed by atoms with Crippen molar-refractivity contribution in [2.24, 2.45) is 0 Å². The van der Waals surface area contributed by atoms with Gasteiger partial charge in [-0.1, -0.05) is 174 Å². The molecule has 320 valence electrons. The first-order valence-electron chi connectivity index (χ1n) is 23.2. The van der Waals surface area contributed by atoms with Gasteiger partial charge in [-0.2, -0.15) is 9.97 Å². The van der Waals surface area contributed by atoms with Gasteiger partial charge in [0.2, 0.25) is 5.95 Å². The van der Waals surface area contributed by atoms with Gasteiger partial charge in [-0.25, -0.2) is 4.98 Å². The van der Waals surface area contributed by atoms with Crippen molar-refractivity contribution in [3.63, 3.8) is 0 Å². The van der Waals surface area contributed by atoms with Crippen LogP contribution in [0.15, 0.2) is 191 Å². The Morgan fingerprint density at radius 1 is 0.403 bits per heavy atom. The van der Waals surface area contributed by atoms with Crippen LogP contribution in [0, 0.1) is 0 Å². The van der Waals surface area contributed by atoms with E-state index in [9.17, 15) is 0 Å². The Hall–Kier alpha value is -8.35. The summed E-state index contributed by atoms with van der Waals surface area (Å²) in [7, 11) is 0. The molecule has 4 aromatic heterocycles. The van der Waals surface area contributed by atoms with E-state index in [0.717, 1.165) is 98.7 Å². The fourth-order valence-corrected chi connectivity index (χ4v) is 10.6. The molecule has 0 bridgehead atoms. The molecule has 1 aliphatic rings. The van der Waals surface area contributed by atoms with E-state index in [2.05, 4.69) is 178 Å². The number of benzene rings is 9. The van der Waals surface area contributed by atoms with E-state index in [1.165, 1.54) is 28.7 Å². The third-order valence-electron chi connectivity index (χ3n) is 13.7. The van der Waals surface area contributed by atoms with Crippen LogP contribution in [0.2, 0.25) is 0 Å². The third kappa shape index (κ3) is 5.92. The van der Waals surface area contributed by atoms with Crippen molar-refractivity contribution in [3.8, 4) is 51.0 Å². The molecule has 4 heterocycles. The molecule has 14 rings (SSSR count). The number of aromatic nitrogens is 4. The first-order chi connectivity index (χ1) is 32.9. The van der Waals surface area contributed by atoms with Crippen molar-refractivity contribution in [2.45, 2.75) is 39.5 Å². The molecule has 0 saturated heterocycles. The number of rotatable bonds is 4. The van der Waals surface area contributed by atoms with Crippen LogP contribution in [-0.2, 0) is 5.41 Å². The summed E-state index contributed by atoms with van der Waals surface area (Å²) in [5.41, 5.74) is 14.3. The average Bonchev–Trinajstić information content (AvgIpc) is 4.10. The van der Waals surface area contributed by atoms with Crippen LogP contribution in [0.3, 0.4) is 0 Å². The van der Waals surface area contributed by atoms with Crippen molar-refractivity contribution in [1.29, 1.82) is 0 Å². The minimum absolute atomic E-state index is 0.154. The van der Waals surface area contributed by atoms with Crippen molar-refractivity contribution < 1.29 is 8.83 Å². The molecule has 0 unspecified atom stereocenters. The first kappa shape index (κ1) is 39.1. The highest BCUT2D eigenvalue weighted by molar-refractivity contribution is 6.21. The Balaban J connectivity index is 0.00000145.